The lowest BCUT2D eigenvalue weighted by atomic mass is 10.3. The lowest BCUT2D eigenvalue weighted by Crippen LogP contribution is -2.39. The molecule has 20 heavy (non-hydrogen) atoms. The van der Waals surface area contributed by atoms with Crippen LogP contribution in [0.2, 0.25) is 0 Å². The van der Waals surface area contributed by atoms with Gasteiger partial charge in [0.1, 0.15) is 0 Å². The van der Waals surface area contributed by atoms with Crippen molar-refractivity contribution >= 4 is 57.2 Å². The molecule has 1 heterocycles. The summed E-state index contributed by atoms with van der Waals surface area (Å²) in [6, 6.07) is 3.98. The van der Waals surface area contributed by atoms with Gasteiger partial charge in [-0.25, -0.2) is 0 Å². The third kappa shape index (κ3) is 9.01. The van der Waals surface area contributed by atoms with Crippen molar-refractivity contribution in [1.29, 1.82) is 0 Å². The van der Waals surface area contributed by atoms with Gasteiger partial charge in [-0.2, -0.15) is 13.2 Å². The summed E-state index contributed by atoms with van der Waals surface area (Å²) in [5.74, 6) is 0.389. The van der Waals surface area contributed by atoms with Crippen LogP contribution in [-0.4, -0.2) is 32.3 Å². The van der Waals surface area contributed by atoms with Crippen LogP contribution in [0.4, 0.5) is 13.2 Å². The van der Waals surface area contributed by atoms with Crippen LogP contribution in [0.25, 0.3) is 0 Å². The molecule has 0 unspecified atom stereocenters. The summed E-state index contributed by atoms with van der Waals surface area (Å²) in [5, 5.41) is 5.61. The van der Waals surface area contributed by atoms with Crippen LogP contribution in [0.3, 0.4) is 0 Å². The average Bonchev–Trinajstić information content (AvgIpc) is 2.71. The molecule has 1 aromatic rings. The van der Waals surface area contributed by atoms with Gasteiger partial charge in [-0.15, -0.1) is 35.3 Å². The number of alkyl halides is 3. The Morgan fingerprint density at radius 1 is 1.30 bits per heavy atom. The second-order valence-electron chi connectivity index (χ2n) is 3.75. The smallest absolute Gasteiger partial charge is 0.356 e. The van der Waals surface area contributed by atoms with Gasteiger partial charge in [0.25, 0.3) is 0 Å². The Balaban J connectivity index is 0.00000361. The van der Waals surface area contributed by atoms with E-state index in [9.17, 15) is 13.2 Å². The first-order valence-electron chi connectivity index (χ1n) is 5.66. The van der Waals surface area contributed by atoms with Crippen LogP contribution in [-0.2, 0) is 6.42 Å². The van der Waals surface area contributed by atoms with Crippen LogP contribution in [0.5, 0.6) is 0 Å². The molecule has 0 atom stereocenters. The average molecular weight is 486 g/mol. The minimum absolute atomic E-state index is 0. The van der Waals surface area contributed by atoms with Crippen molar-refractivity contribution in [1.82, 2.24) is 10.6 Å². The van der Waals surface area contributed by atoms with Gasteiger partial charge in [-0.05, 0) is 34.5 Å². The molecule has 0 aliphatic carbocycles. The Morgan fingerprint density at radius 2 is 1.95 bits per heavy atom. The third-order valence-corrected chi connectivity index (χ3v) is 3.90. The minimum Gasteiger partial charge on any atom is -0.356 e. The summed E-state index contributed by atoms with van der Waals surface area (Å²) in [4.78, 5) is 5.06. The van der Waals surface area contributed by atoms with Crippen molar-refractivity contribution in [2.75, 3.05) is 20.1 Å². The lowest BCUT2D eigenvalue weighted by molar-refractivity contribution is -0.132. The monoisotopic (exact) mass is 485 g/mol. The number of rotatable bonds is 5. The van der Waals surface area contributed by atoms with Crippen LogP contribution in [0, 0.1) is 0 Å². The van der Waals surface area contributed by atoms with E-state index in [0.717, 1.165) is 10.2 Å². The number of hydrogen-bond acceptors (Lipinski definition) is 2. The molecule has 0 aromatic carbocycles. The number of guanidine groups is 1. The van der Waals surface area contributed by atoms with Gasteiger partial charge in [0.2, 0.25) is 0 Å². The lowest BCUT2D eigenvalue weighted by Gasteiger charge is -2.12. The molecule has 0 amide bonds. The topological polar surface area (TPSA) is 36.4 Å². The highest BCUT2D eigenvalue weighted by Gasteiger charge is 2.26. The molecule has 2 N–H and O–H groups in total. The fraction of sp³-hybridized carbons (Fsp3) is 0.545. The van der Waals surface area contributed by atoms with E-state index in [1.807, 2.05) is 12.1 Å². The maximum Gasteiger partial charge on any atom is 0.390 e. The number of halogens is 5. The van der Waals surface area contributed by atoms with Gasteiger partial charge in [-0.3, -0.25) is 4.99 Å². The van der Waals surface area contributed by atoms with Crippen LogP contribution in [0.1, 0.15) is 11.3 Å². The van der Waals surface area contributed by atoms with E-state index in [2.05, 4.69) is 31.6 Å². The van der Waals surface area contributed by atoms with E-state index in [0.29, 0.717) is 12.5 Å². The normalized spacial score (nSPS) is 11.9. The summed E-state index contributed by atoms with van der Waals surface area (Å²) in [7, 11) is 1.53. The van der Waals surface area contributed by atoms with Gasteiger partial charge in [0.15, 0.2) is 5.96 Å². The van der Waals surface area contributed by atoms with E-state index in [1.54, 1.807) is 11.3 Å². The van der Waals surface area contributed by atoms with Gasteiger partial charge in [-0.1, -0.05) is 0 Å². The summed E-state index contributed by atoms with van der Waals surface area (Å²) < 4.78 is 37.0. The SMILES string of the molecule is CN=C(NCCc1ccc(Br)s1)NCCC(F)(F)F.I. The van der Waals surface area contributed by atoms with E-state index in [-0.39, 0.29) is 30.5 Å². The fourth-order valence-corrected chi connectivity index (χ4v) is 2.82. The van der Waals surface area contributed by atoms with E-state index in [4.69, 9.17) is 0 Å². The predicted molar refractivity (Wildman–Crippen MR) is 91.2 cm³/mol. The standard InChI is InChI=1S/C11H15BrF3N3S.HI/c1-16-10(18-7-5-11(13,14)15)17-6-4-8-2-3-9(12)19-8;/h2-3H,4-7H2,1H3,(H2,16,17,18);1H. The van der Waals surface area contributed by atoms with Crippen molar-refractivity contribution < 1.29 is 13.2 Å². The highest BCUT2D eigenvalue weighted by atomic mass is 127. The van der Waals surface area contributed by atoms with Gasteiger partial charge >= 0.3 is 6.18 Å². The molecular weight excluding hydrogens is 470 g/mol. The zero-order valence-electron chi connectivity index (χ0n) is 10.8. The van der Waals surface area contributed by atoms with Crippen molar-refractivity contribution in [2.24, 2.45) is 4.99 Å². The zero-order chi connectivity index (χ0) is 14.3. The van der Waals surface area contributed by atoms with Crippen molar-refractivity contribution in [2.45, 2.75) is 19.0 Å². The molecule has 0 aliphatic heterocycles. The van der Waals surface area contributed by atoms with Crippen molar-refractivity contribution in [3.63, 3.8) is 0 Å². The molecule has 0 radical (unpaired) electrons. The predicted octanol–water partition coefficient (Wildman–Crippen LogP) is 3.79. The van der Waals surface area contributed by atoms with Crippen LogP contribution in [0.15, 0.2) is 20.9 Å². The quantitative estimate of drug-likeness (QED) is 0.378. The molecule has 0 fully saturated rings. The van der Waals surface area contributed by atoms with E-state index >= 15 is 0 Å². The molecular formula is C11H16BrF3IN3S. The molecule has 0 bridgehead atoms. The summed E-state index contributed by atoms with van der Waals surface area (Å²) >= 11 is 5.01. The highest BCUT2D eigenvalue weighted by Crippen LogP contribution is 2.22. The molecule has 0 spiro atoms. The Labute approximate surface area is 145 Å². The largest absolute Gasteiger partial charge is 0.390 e. The highest BCUT2D eigenvalue weighted by molar-refractivity contribution is 14.0. The second kappa shape index (κ2) is 9.82. The third-order valence-electron chi connectivity index (χ3n) is 2.22. The Morgan fingerprint density at radius 3 is 2.45 bits per heavy atom. The molecule has 3 nitrogen and oxygen atoms in total. The fourth-order valence-electron chi connectivity index (χ4n) is 1.33. The molecule has 0 aliphatic rings. The summed E-state index contributed by atoms with van der Waals surface area (Å²) in [5.41, 5.74) is 0. The number of aliphatic imine (C=N–C) groups is 1. The molecule has 0 saturated carbocycles. The second-order valence-corrected chi connectivity index (χ2v) is 6.29. The summed E-state index contributed by atoms with van der Waals surface area (Å²) in [6.45, 7) is 0.451. The van der Waals surface area contributed by atoms with Gasteiger partial charge < -0.3 is 10.6 Å². The Bertz CT molecular complexity index is 423. The van der Waals surface area contributed by atoms with Crippen molar-refractivity contribution in [3.05, 3.63) is 20.8 Å². The van der Waals surface area contributed by atoms with Gasteiger partial charge in [0.05, 0.1) is 10.2 Å². The molecule has 1 rings (SSSR count). The first-order chi connectivity index (χ1) is 8.90. The first kappa shape index (κ1) is 20.0. The minimum atomic E-state index is -4.14. The van der Waals surface area contributed by atoms with Gasteiger partial charge in [0, 0.05) is 25.0 Å². The van der Waals surface area contributed by atoms with Crippen molar-refractivity contribution in [3.8, 4) is 0 Å². The first-order valence-corrected chi connectivity index (χ1v) is 7.27. The Kier molecular flexibility index (Phi) is 9.81. The summed E-state index contributed by atoms with van der Waals surface area (Å²) in [6.07, 6.45) is -4.21. The molecule has 9 heteroatoms. The molecule has 116 valence electrons. The maximum atomic E-state index is 12.0. The molecule has 0 saturated heterocycles. The number of thiophene rings is 1. The van der Waals surface area contributed by atoms with E-state index in [1.165, 1.54) is 11.9 Å². The van der Waals surface area contributed by atoms with E-state index < -0.39 is 12.6 Å². The zero-order valence-corrected chi connectivity index (χ0v) is 15.5. The maximum absolute atomic E-state index is 12.0. The number of nitrogens with one attached hydrogen (secondary N) is 2. The number of hydrogen-bond donors (Lipinski definition) is 2. The van der Waals surface area contributed by atoms with Crippen LogP contribution < -0.4 is 10.6 Å². The van der Waals surface area contributed by atoms with Crippen LogP contribution >= 0.6 is 51.2 Å². The molecule has 1 aromatic heterocycles. The Hall–Kier alpha value is -0.0300. The number of nitrogens with zero attached hydrogens (tertiary/aromatic N) is 1.